The molecule has 0 fully saturated rings. The minimum Gasteiger partial charge on any atom is -0.295 e. The fourth-order valence-electron chi connectivity index (χ4n) is 1.34. The van der Waals surface area contributed by atoms with Gasteiger partial charge in [0.2, 0.25) is 5.95 Å². The van der Waals surface area contributed by atoms with Crippen LogP contribution in [0.15, 0.2) is 11.5 Å². The lowest BCUT2D eigenvalue weighted by molar-refractivity contribution is 0.223. The molecule has 0 spiro atoms. The molecule has 1 heterocycles. The van der Waals surface area contributed by atoms with Gasteiger partial charge in [0.1, 0.15) is 0 Å². The van der Waals surface area contributed by atoms with Gasteiger partial charge in [-0.3, -0.25) is 5.43 Å². The molecule has 1 atom stereocenters. The van der Waals surface area contributed by atoms with Gasteiger partial charge in [-0.1, -0.05) is 6.92 Å². The third-order valence-electron chi connectivity index (χ3n) is 1.97. The Morgan fingerprint density at radius 1 is 1.70 bits per heavy atom. The van der Waals surface area contributed by atoms with E-state index in [1.807, 2.05) is 20.9 Å². The number of halogens is 1. The third kappa shape index (κ3) is 1.01. The van der Waals surface area contributed by atoms with Crippen LogP contribution in [0, 0.1) is 0 Å². The molecule has 58 valence electrons. The average molecular weight is 144 g/mol. The first-order valence-electron chi connectivity index (χ1n) is 3.52. The van der Waals surface area contributed by atoms with Gasteiger partial charge in [-0.2, -0.15) is 4.39 Å². The summed E-state index contributed by atoms with van der Waals surface area (Å²) in [4.78, 5) is 0. The molecule has 1 aliphatic heterocycles. The molecule has 0 amide bonds. The van der Waals surface area contributed by atoms with Crippen LogP contribution in [0.5, 0.6) is 0 Å². The topological polar surface area (TPSA) is 15.3 Å². The third-order valence-corrected chi connectivity index (χ3v) is 1.97. The maximum atomic E-state index is 12.7. The molecular formula is C7H13FN2. The van der Waals surface area contributed by atoms with E-state index in [1.165, 1.54) is 0 Å². The summed E-state index contributed by atoms with van der Waals surface area (Å²) in [6.07, 6.45) is 0.947. The maximum absolute atomic E-state index is 12.7. The summed E-state index contributed by atoms with van der Waals surface area (Å²) in [5, 5.41) is 1.80. The van der Waals surface area contributed by atoms with Gasteiger partial charge < -0.3 is 0 Å². The highest BCUT2D eigenvalue weighted by atomic mass is 19.1. The minimum absolute atomic E-state index is 0.186. The zero-order valence-corrected chi connectivity index (χ0v) is 6.61. The van der Waals surface area contributed by atoms with Crippen LogP contribution in [0.4, 0.5) is 4.39 Å². The quantitative estimate of drug-likeness (QED) is 0.560. The first-order chi connectivity index (χ1) is 4.66. The molecule has 1 unspecified atom stereocenters. The summed E-state index contributed by atoms with van der Waals surface area (Å²) in [6.45, 7) is 3.87. The largest absolute Gasteiger partial charge is 0.295 e. The Morgan fingerprint density at radius 3 is 2.50 bits per heavy atom. The first-order valence-corrected chi connectivity index (χ1v) is 3.52. The maximum Gasteiger partial charge on any atom is 0.201 e. The summed E-state index contributed by atoms with van der Waals surface area (Å²) in [6, 6.07) is 0.236. The SMILES string of the molecule is CCC1C(C)=C(F)NN1C. The fourth-order valence-corrected chi connectivity index (χ4v) is 1.34. The summed E-state index contributed by atoms with van der Waals surface area (Å²) >= 11 is 0. The number of hydrogen-bond acceptors (Lipinski definition) is 2. The summed E-state index contributed by atoms with van der Waals surface area (Å²) in [5.41, 5.74) is 3.42. The minimum atomic E-state index is -0.186. The van der Waals surface area contributed by atoms with Crippen LogP contribution in [0.3, 0.4) is 0 Å². The Morgan fingerprint density at radius 2 is 2.30 bits per heavy atom. The number of rotatable bonds is 1. The highest BCUT2D eigenvalue weighted by Gasteiger charge is 2.25. The zero-order valence-electron chi connectivity index (χ0n) is 6.61. The predicted octanol–water partition coefficient (Wildman–Crippen LogP) is 1.42. The van der Waals surface area contributed by atoms with Crippen molar-refractivity contribution in [2.24, 2.45) is 0 Å². The van der Waals surface area contributed by atoms with E-state index in [0.29, 0.717) is 0 Å². The van der Waals surface area contributed by atoms with Crippen molar-refractivity contribution >= 4 is 0 Å². The molecular weight excluding hydrogens is 131 g/mol. The molecule has 1 N–H and O–H groups in total. The van der Waals surface area contributed by atoms with Gasteiger partial charge in [0, 0.05) is 7.05 Å². The van der Waals surface area contributed by atoms with E-state index in [2.05, 4.69) is 5.43 Å². The van der Waals surface area contributed by atoms with Crippen molar-refractivity contribution in [3.63, 3.8) is 0 Å². The molecule has 3 heteroatoms. The monoisotopic (exact) mass is 144 g/mol. The molecule has 0 radical (unpaired) electrons. The van der Waals surface area contributed by atoms with Crippen molar-refractivity contribution in [1.82, 2.24) is 10.4 Å². The van der Waals surface area contributed by atoms with E-state index in [1.54, 1.807) is 5.01 Å². The Kier molecular flexibility index (Phi) is 1.94. The highest BCUT2D eigenvalue weighted by Crippen LogP contribution is 2.21. The second-order valence-electron chi connectivity index (χ2n) is 2.64. The van der Waals surface area contributed by atoms with Crippen molar-refractivity contribution in [1.29, 1.82) is 0 Å². The van der Waals surface area contributed by atoms with Crippen LogP contribution in [-0.4, -0.2) is 18.1 Å². The van der Waals surface area contributed by atoms with Crippen molar-refractivity contribution < 1.29 is 4.39 Å². The van der Waals surface area contributed by atoms with E-state index in [9.17, 15) is 4.39 Å². The van der Waals surface area contributed by atoms with E-state index < -0.39 is 0 Å². The summed E-state index contributed by atoms with van der Waals surface area (Å²) < 4.78 is 12.7. The molecule has 0 aliphatic carbocycles. The standard InChI is InChI=1S/C7H13FN2/c1-4-6-5(2)7(8)9-10(6)3/h6,9H,4H2,1-3H3. The number of hydrazine groups is 1. The van der Waals surface area contributed by atoms with Gasteiger partial charge in [0.25, 0.3) is 0 Å². The number of hydrogen-bond donors (Lipinski definition) is 1. The van der Waals surface area contributed by atoms with Gasteiger partial charge in [-0.05, 0) is 18.9 Å². The highest BCUT2D eigenvalue weighted by molar-refractivity contribution is 5.15. The van der Waals surface area contributed by atoms with Crippen molar-refractivity contribution in [3.05, 3.63) is 11.5 Å². The lowest BCUT2D eigenvalue weighted by Crippen LogP contribution is -2.34. The van der Waals surface area contributed by atoms with Crippen LogP contribution >= 0.6 is 0 Å². The van der Waals surface area contributed by atoms with E-state index in [-0.39, 0.29) is 12.0 Å². The molecule has 1 rings (SSSR count). The van der Waals surface area contributed by atoms with Crippen LogP contribution in [0.1, 0.15) is 20.3 Å². The van der Waals surface area contributed by atoms with Crippen LogP contribution in [0.2, 0.25) is 0 Å². The molecule has 0 aromatic heterocycles. The average Bonchev–Trinajstić information content (AvgIpc) is 2.09. The summed E-state index contributed by atoms with van der Waals surface area (Å²) in [7, 11) is 1.85. The van der Waals surface area contributed by atoms with Crippen molar-refractivity contribution in [3.8, 4) is 0 Å². The van der Waals surface area contributed by atoms with Crippen LogP contribution in [-0.2, 0) is 0 Å². The zero-order chi connectivity index (χ0) is 7.72. The molecule has 0 saturated heterocycles. The van der Waals surface area contributed by atoms with Crippen LogP contribution in [0.25, 0.3) is 0 Å². The second-order valence-corrected chi connectivity index (χ2v) is 2.64. The molecule has 0 aromatic carbocycles. The molecule has 2 nitrogen and oxygen atoms in total. The van der Waals surface area contributed by atoms with E-state index in [4.69, 9.17) is 0 Å². The lowest BCUT2D eigenvalue weighted by Gasteiger charge is -2.18. The van der Waals surface area contributed by atoms with Crippen LogP contribution < -0.4 is 5.43 Å². The Hall–Kier alpha value is -0.570. The normalized spacial score (nSPS) is 27.4. The number of likely N-dealkylation sites (N-methyl/N-ethyl adjacent to an activating group) is 1. The van der Waals surface area contributed by atoms with Crippen molar-refractivity contribution in [2.45, 2.75) is 26.3 Å². The molecule has 10 heavy (non-hydrogen) atoms. The fraction of sp³-hybridized carbons (Fsp3) is 0.714. The number of nitrogens with zero attached hydrogens (tertiary/aromatic N) is 1. The Labute approximate surface area is 60.7 Å². The van der Waals surface area contributed by atoms with E-state index in [0.717, 1.165) is 12.0 Å². The molecule has 0 bridgehead atoms. The second kappa shape index (κ2) is 2.58. The smallest absolute Gasteiger partial charge is 0.201 e. The number of nitrogens with one attached hydrogen (secondary N) is 1. The predicted molar refractivity (Wildman–Crippen MR) is 38.8 cm³/mol. The molecule has 0 aromatic rings. The van der Waals surface area contributed by atoms with Gasteiger partial charge in [0.15, 0.2) is 0 Å². The van der Waals surface area contributed by atoms with Crippen molar-refractivity contribution in [2.75, 3.05) is 7.05 Å². The summed E-state index contributed by atoms with van der Waals surface area (Å²) in [5.74, 6) is -0.186. The molecule has 0 saturated carbocycles. The first kappa shape index (κ1) is 7.54. The van der Waals surface area contributed by atoms with Gasteiger partial charge in [-0.25, -0.2) is 5.01 Å². The Balaban J connectivity index is 2.72. The van der Waals surface area contributed by atoms with Gasteiger partial charge in [-0.15, -0.1) is 0 Å². The van der Waals surface area contributed by atoms with E-state index >= 15 is 0 Å². The van der Waals surface area contributed by atoms with Gasteiger partial charge in [0.05, 0.1) is 6.04 Å². The Bertz CT molecular complexity index is 165. The van der Waals surface area contributed by atoms with Gasteiger partial charge >= 0.3 is 0 Å². The lowest BCUT2D eigenvalue weighted by atomic mass is 10.1. The molecule has 1 aliphatic rings.